The van der Waals surface area contributed by atoms with Gasteiger partial charge in [-0.25, -0.2) is 0 Å². The van der Waals surface area contributed by atoms with Crippen LogP contribution < -0.4 is 9.80 Å². The largest absolute Gasteiger partial charge is 0.309 e. The Kier molecular flexibility index (Phi) is 17.8. The van der Waals surface area contributed by atoms with E-state index in [1.54, 1.807) is 22.3 Å². The Hall–Kier alpha value is -5.34. The molecule has 4 aliphatic carbocycles. The number of unbranched alkanes of at least 4 members (excludes halogenated alkanes) is 1. The highest BCUT2D eigenvalue weighted by Crippen LogP contribution is 2.55. The minimum absolute atomic E-state index is 0.0578. The van der Waals surface area contributed by atoms with Crippen LogP contribution in [0.25, 0.3) is 21.5 Å². The molecule has 0 aliphatic heterocycles. The Bertz CT molecular complexity index is 3270. The van der Waals surface area contributed by atoms with Gasteiger partial charge in [0.2, 0.25) is 0 Å². The maximum absolute atomic E-state index is 2.83. The molecule has 84 heavy (non-hydrogen) atoms. The van der Waals surface area contributed by atoms with Crippen LogP contribution in [0.2, 0.25) is 0 Å². The molecule has 4 fully saturated rings. The third-order valence-electron chi connectivity index (χ3n) is 20.9. The third-order valence-corrected chi connectivity index (χ3v) is 20.9. The predicted molar refractivity (Wildman–Crippen MR) is 368 cm³/mol. The summed E-state index contributed by atoms with van der Waals surface area (Å²) in [4.78, 5) is 5.64. The van der Waals surface area contributed by atoms with Gasteiger partial charge in [0.15, 0.2) is 0 Å². The third kappa shape index (κ3) is 13.2. The highest BCUT2D eigenvalue weighted by molar-refractivity contribution is 6.23. The second-order valence-electron chi connectivity index (χ2n) is 31.5. The second kappa shape index (κ2) is 24.8. The van der Waals surface area contributed by atoms with E-state index in [2.05, 4.69) is 215 Å². The van der Waals surface area contributed by atoms with Crippen molar-refractivity contribution < 1.29 is 0 Å². The van der Waals surface area contributed by atoms with Gasteiger partial charge in [0.05, 0.1) is 11.4 Å². The smallest absolute Gasteiger partial charge is 0.0620 e. The number of hydrogen-bond acceptors (Lipinski definition) is 2. The average molecular weight is 1120 g/mol. The fourth-order valence-corrected chi connectivity index (χ4v) is 15.5. The minimum Gasteiger partial charge on any atom is -0.309 e. The molecule has 0 radical (unpaired) electrons. The number of rotatable bonds is 13. The van der Waals surface area contributed by atoms with Crippen LogP contribution in [-0.2, 0) is 28.1 Å². The van der Waals surface area contributed by atoms with Crippen molar-refractivity contribution in [3.63, 3.8) is 0 Å². The van der Waals surface area contributed by atoms with Gasteiger partial charge in [-0.3, -0.25) is 0 Å². The van der Waals surface area contributed by atoms with Crippen LogP contribution in [0.1, 0.15) is 305 Å². The fraction of sp³-hybridized carbons (Fsp3) is 0.537. The van der Waals surface area contributed by atoms with Crippen LogP contribution in [0.3, 0.4) is 0 Å². The van der Waals surface area contributed by atoms with E-state index in [-0.39, 0.29) is 21.7 Å². The number of anilines is 6. The van der Waals surface area contributed by atoms with E-state index in [0.29, 0.717) is 23.7 Å². The normalized spacial score (nSPS) is 17.8. The van der Waals surface area contributed by atoms with E-state index >= 15 is 0 Å². The van der Waals surface area contributed by atoms with Crippen LogP contribution >= 0.6 is 0 Å². The second-order valence-corrected chi connectivity index (χ2v) is 31.5. The van der Waals surface area contributed by atoms with Crippen LogP contribution in [0.15, 0.2) is 115 Å². The summed E-state index contributed by atoms with van der Waals surface area (Å²) in [6.07, 6.45) is 29.8. The lowest BCUT2D eigenvalue weighted by Gasteiger charge is -2.37. The van der Waals surface area contributed by atoms with Crippen molar-refractivity contribution in [1.82, 2.24) is 0 Å². The van der Waals surface area contributed by atoms with Gasteiger partial charge >= 0.3 is 0 Å². The van der Waals surface area contributed by atoms with Crippen LogP contribution in [-0.4, -0.2) is 0 Å². The number of hydrogen-bond donors (Lipinski definition) is 0. The first-order valence-electron chi connectivity index (χ1n) is 34.3. The summed E-state index contributed by atoms with van der Waals surface area (Å²) in [5, 5.41) is 5.30. The summed E-state index contributed by atoms with van der Waals surface area (Å²) in [6.45, 7) is 31.4. The highest BCUT2D eigenvalue weighted by Gasteiger charge is 2.33. The Morgan fingerprint density at radius 1 is 0.321 bits per heavy atom. The monoisotopic (exact) mass is 1120 g/mol. The van der Waals surface area contributed by atoms with Crippen LogP contribution in [0, 0.1) is 0 Å². The van der Waals surface area contributed by atoms with E-state index in [9.17, 15) is 0 Å². The zero-order valence-corrected chi connectivity index (χ0v) is 54.9. The molecule has 0 heterocycles. The molecule has 0 amide bonds. The molecular formula is C82H108N2. The van der Waals surface area contributed by atoms with Crippen molar-refractivity contribution in [3.8, 4) is 0 Å². The van der Waals surface area contributed by atoms with Gasteiger partial charge in [0.1, 0.15) is 0 Å². The summed E-state index contributed by atoms with van der Waals surface area (Å²) < 4.78 is 0. The summed E-state index contributed by atoms with van der Waals surface area (Å²) in [7, 11) is 0. The van der Waals surface area contributed by atoms with E-state index in [1.807, 2.05) is 0 Å². The molecule has 7 aromatic rings. The summed E-state index contributed by atoms with van der Waals surface area (Å²) >= 11 is 0. The van der Waals surface area contributed by atoms with E-state index in [0.717, 1.165) is 6.42 Å². The Morgan fingerprint density at radius 3 is 0.929 bits per heavy atom. The van der Waals surface area contributed by atoms with Crippen molar-refractivity contribution in [2.45, 2.75) is 283 Å². The Morgan fingerprint density at radius 2 is 0.619 bits per heavy atom. The zero-order valence-electron chi connectivity index (χ0n) is 54.9. The molecule has 0 atom stereocenters. The van der Waals surface area contributed by atoms with Gasteiger partial charge in [-0.1, -0.05) is 234 Å². The van der Waals surface area contributed by atoms with Gasteiger partial charge in [-0.2, -0.15) is 0 Å². The number of nitrogens with zero attached hydrogens (tertiary/aromatic N) is 2. The molecule has 2 nitrogen and oxygen atoms in total. The molecule has 0 unspecified atom stereocenters. The van der Waals surface area contributed by atoms with Crippen molar-refractivity contribution in [1.29, 1.82) is 0 Å². The van der Waals surface area contributed by atoms with Crippen molar-refractivity contribution in [2.75, 3.05) is 9.80 Å². The van der Waals surface area contributed by atoms with E-state index in [4.69, 9.17) is 0 Å². The first-order valence-corrected chi connectivity index (χ1v) is 34.3. The average Bonchev–Trinajstić information content (AvgIpc) is 0.805. The molecule has 2 heteroatoms. The molecule has 11 rings (SSSR count). The molecule has 0 saturated heterocycles. The molecule has 4 aliphatic rings. The number of fused-ring (bicyclic) bond motifs is 2. The lowest BCUT2D eigenvalue weighted by molar-refractivity contribution is 0.435. The number of benzene rings is 7. The first kappa shape index (κ1) is 60.4. The van der Waals surface area contributed by atoms with Crippen molar-refractivity contribution in [3.05, 3.63) is 165 Å². The molecule has 0 bridgehead atoms. The first-order chi connectivity index (χ1) is 40.1. The van der Waals surface area contributed by atoms with Gasteiger partial charge in [-0.05, 0) is 214 Å². The quantitative estimate of drug-likeness (QED) is 0.0839. The SMILES string of the molecule is CCCCc1ccc2c(N(c3cc(C4CCCCC4)cc(C4CCCCC4)c3)c3cc(C(C)(C)C)cc(C(C)(C)C)c3)c3ccccc3c(N(c3cc(C4CCCCC4)cc(C4CCCCC4)c3)c3cc(C(C)(C)C)cc(C(C)(C)C)c3)c2c1. The fourth-order valence-electron chi connectivity index (χ4n) is 15.5. The molecule has 0 spiro atoms. The standard InChI is InChI=1S/C82H108N2/c1-14-15-30-56-41-42-75-76(43-56)78(84(72-54-67(81(8,9)10)51-68(55-72)82(11,12)13)70-48-63(59-35-24-18-25-36-59)45-64(49-70)60-37-26-19-27-38-60)74-40-29-28-39-73(74)77(75)83(71-52-65(79(2,3)4)50-66(53-71)80(5,6)7)69-46-61(57-31-20-16-21-32-57)44-62(47-69)58-33-22-17-23-34-58/h28-29,39-55,57-60H,14-27,30-38H2,1-13H3. The van der Waals surface area contributed by atoms with Gasteiger partial charge in [0, 0.05) is 44.3 Å². The molecule has 446 valence electrons. The summed E-state index contributed by atoms with van der Waals surface area (Å²) in [6, 6.07) is 49.1. The highest BCUT2D eigenvalue weighted by atomic mass is 15.2. The van der Waals surface area contributed by atoms with Crippen molar-refractivity contribution >= 4 is 55.7 Å². The topological polar surface area (TPSA) is 6.48 Å². The summed E-state index contributed by atoms with van der Waals surface area (Å²) in [5.41, 5.74) is 20.9. The van der Waals surface area contributed by atoms with Gasteiger partial charge in [0.25, 0.3) is 0 Å². The molecule has 0 N–H and O–H groups in total. The number of aryl methyl sites for hydroxylation is 1. The molecular weight excluding hydrogens is 1010 g/mol. The molecule has 0 aromatic heterocycles. The zero-order chi connectivity index (χ0) is 59.1. The maximum atomic E-state index is 2.83. The molecule has 4 saturated carbocycles. The summed E-state index contributed by atoms with van der Waals surface area (Å²) in [5.74, 6) is 2.35. The van der Waals surface area contributed by atoms with E-state index < -0.39 is 0 Å². The van der Waals surface area contributed by atoms with Gasteiger partial charge in [-0.15, -0.1) is 0 Å². The lowest BCUT2D eigenvalue weighted by Crippen LogP contribution is -2.21. The van der Waals surface area contributed by atoms with Gasteiger partial charge < -0.3 is 9.80 Å². The van der Waals surface area contributed by atoms with E-state index in [1.165, 1.54) is 225 Å². The Labute approximate surface area is 511 Å². The predicted octanol–water partition coefficient (Wildman–Crippen LogP) is 25.7. The minimum atomic E-state index is -0.0587. The maximum Gasteiger partial charge on any atom is 0.0620 e. The lowest BCUT2D eigenvalue weighted by atomic mass is 9.79. The van der Waals surface area contributed by atoms with Crippen LogP contribution in [0.5, 0.6) is 0 Å². The van der Waals surface area contributed by atoms with Crippen molar-refractivity contribution in [2.24, 2.45) is 0 Å². The molecule has 7 aromatic carbocycles. The Balaban J connectivity index is 1.30. The van der Waals surface area contributed by atoms with Crippen LogP contribution in [0.4, 0.5) is 34.1 Å².